The van der Waals surface area contributed by atoms with Gasteiger partial charge in [0.05, 0.1) is 31.4 Å². The maximum Gasteiger partial charge on any atom is 0.309 e. The predicted octanol–water partition coefficient (Wildman–Crippen LogP) is 4.74. The normalized spacial score (nSPS) is 14.6. The van der Waals surface area contributed by atoms with Crippen molar-refractivity contribution in [3.8, 4) is 17.2 Å². The molecule has 3 rings (SSSR count). The zero-order valence-electron chi connectivity index (χ0n) is 18.4. The molecule has 1 aliphatic heterocycles. The number of ether oxygens (including phenoxy) is 3. The second-order valence-electron chi connectivity index (χ2n) is 7.50. The first-order valence-corrected chi connectivity index (χ1v) is 11.3. The molecule has 1 fully saturated rings. The fourth-order valence-electron chi connectivity index (χ4n) is 3.57. The molecule has 1 heterocycles. The number of amides is 1. The molecule has 1 saturated heterocycles. The fourth-order valence-corrected chi connectivity index (χ4v) is 3.74. The minimum atomic E-state index is -0.168. The number of carbonyl (C=O) groups excluding carboxylic acids is 2. The summed E-state index contributed by atoms with van der Waals surface area (Å²) in [6.45, 7) is 6.28. The minimum absolute atomic E-state index is 0.0868. The number of nitrogens with one attached hydrogen (secondary N) is 1. The van der Waals surface area contributed by atoms with Crippen LogP contribution in [0.1, 0.15) is 26.7 Å². The first-order chi connectivity index (χ1) is 15.5. The van der Waals surface area contributed by atoms with E-state index in [0.717, 1.165) is 5.75 Å². The fraction of sp³-hybridized carbons (Fsp3) is 0.417. The molecule has 0 atom stereocenters. The molecule has 0 saturated carbocycles. The Bertz CT molecular complexity index is 911. The standard InChI is InChI=1S/C24H29ClN2O5/c1-3-30-19-6-8-20(9-7-19)32-22-10-5-18(25)15-21(22)26-23(28)16-27-13-11-17(12-14-27)24(29)31-4-2/h5-10,15,17H,3-4,11-14,16H2,1-2H3,(H,26,28). The summed E-state index contributed by atoms with van der Waals surface area (Å²) in [5.41, 5.74) is 0.498. The molecule has 2 aromatic rings. The van der Waals surface area contributed by atoms with Gasteiger partial charge in [-0.25, -0.2) is 0 Å². The number of hydrogen-bond donors (Lipinski definition) is 1. The third kappa shape index (κ3) is 6.87. The summed E-state index contributed by atoms with van der Waals surface area (Å²) in [6.07, 6.45) is 1.38. The Morgan fingerprint density at radius 1 is 1.03 bits per heavy atom. The maximum atomic E-state index is 12.7. The number of carbonyl (C=O) groups is 2. The highest BCUT2D eigenvalue weighted by Crippen LogP contribution is 2.33. The Labute approximate surface area is 193 Å². The SMILES string of the molecule is CCOC(=O)C1CCN(CC(=O)Nc2cc(Cl)ccc2Oc2ccc(OCC)cc2)CC1. The Hall–Kier alpha value is -2.77. The third-order valence-corrected chi connectivity index (χ3v) is 5.39. The van der Waals surface area contributed by atoms with Gasteiger partial charge in [0.15, 0.2) is 5.75 Å². The predicted molar refractivity (Wildman–Crippen MR) is 124 cm³/mol. The lowest BCUT2D eigenvalue weighted by molar-refractivity contribution is -0.149. The molecule has 172 valence electrons. The number of nitrogens with zero attached hydrogens (tertiary/aromatic N) is 1. The molecule has 1 amide bonds. The molecule has 8 heteroatoms. The van der Waals surface area contributed by atoms with Crippen molar-refractivity contribution < 1.29 is 23.8 Å². The number of anilines is 1. The molecule has 0 bridgehead atoms. The average molecular weight is 461 g/mol. The van der Waals surface area contributed by atoms with E-state index in [1.165, 1.54) is 0 Å². The van der Waals surface area contributed by atoms with Crippen LogP contribution in [0.25, 0.3) is 0 Å². The van der Waals surface area contributed by atoms with Crippen LogP contribution in [0.4, 0.5) is 5.69 Å². The van der Waals surface area contributed by atoms with Crippen molar-refractivity contribution in [2.75, 3.05) is 38.2 Å². The lowest BCUT2D eigenvalue weighted by Crippen LogP contribution is -2.41. The Balaban J connectivity index is 1.58. The van der Waals surface area contributed by atoms with Crippen molar-refractivity contribution in [3.63, 3.8) is 0 Å². The molecule has 1 N–H and O–H groups in total. The molecule has 0 aromatic heterocycles. The zero-order valence-corrected chi connectivity index (χ0v) is 19.2. The van der Waals surface area contributed by atoms with Crippen molar-refractivity contribution in [2.24, 2.45) is 5.92 Å². The van der Waals surface area contributed by atoms with E-state index in [9.17, 15) is 9.59 Å². The van der Waals surface area contributed by atoms with Crippen molar-refractivity contribution >= 4 is 29.2 Å². The lowest BCUT2D eigenvalue weighted by atomic mass is 9.97. The lowest BCUT2D eigenvalue weighted by Gasteiger charge is -2.30. The summed E-state index contributed by atoms with van der Waals surface area (Å²) < 4.78 is 16.5. The van der Waals surface area contributed by atoms with Gasteiger partial charge in [-0.1, -0.05) is 11.6 Å². The number of benzene rings is 2. The largest absolute Gasteiger partial charge is 0.494 e. The highest BCUT2D eigenvalue weighted by molar-refractivity contribution is 6.31. The summed E-state index contributed by atoms with van der Waals surface area (Å²) in [5, 5.41) is 3.39. The van der Waals surface area contributed by atoms with E-state index in [0.29, 0.717) is 61.4 Å². The van der Waals surface area contributed by atoms with Gasteiger partial charge in [-0.3, -0.25) is 14.5 Å². The van der Waals surface area contributed by atoms with Gasteiger partial charge < -0.3 is 19.5 Å². The third-order valence-electron chi connectivity index (χ3n) is 5.15. The molecule has 0 unspecified atom stereocenters. The van der Waals surface area contributed by atoms with Gasteiger partial charge in [-0.2, -0.15) is 0 Å². The number of hydrogen-bond acceptors (Lipinski definition) is 6. The number of halogens is 1. The summed E-state index contributed by atoms with van der Waals surface area (Å²) in [7, 11) is 0. The van der Waals surface area contributed by atoms with Gasteiger partial charge in [-0.15, -0.1) is 0 Å². The topological polar surface area (TPSA) is 77.1 Å². The molecule has 7 nitrogen and oxygen atoms in total. The first-order valence-electron chi connectivity index (χ1n) is 10.9. The van der Waals surface area contributed by atoms with E-state index in [1.54, 1.807) is 37.3 Å². The summed E-state index contributed by atoms with van der Waals surface area (Å²) >= 11 is 6.14. The molecule has 32 heavy (non-hydrogen) atoms. The van der Waals surface area contributed by atoms with Crippen LogP contribution >= 0.6 is 11.6 Å². The Morgan fingerprint density at radius 3 is 2.38 bits per heavy atom. The van der Waals surface area contributed by atoms with Crippen molar-refractivity contribution in [3.05, 3.63) is 47.5 Å². The number of rotatable bonds is 9. The van der Waals surface area contributed by atoms with Crippen LogP contribution in [-0.4, -0.2) is 49.6 Å². The molecule has 2 aromatic carbocycles. The van der Waals surface area contributed by atoms with Crippen LogP contribution in [0.3, 0.4) is 0 Å². The quantitative estimate of drug-likeness (QED) is 0.544. The number of likely N-dealkylation sites (tertiary alicyclic amines) is 1. The first kappa shape index (κ1) is 23.9. The maximum absolute atomic E-state index is 12.7. The van der Waals surface area contributed by atoms with Crippen LogP contribution in [-0.2, 0) is 14.3 Å². The molecular formula is C24H29ClN2O5. The monoisotopic (exact) mass is 460 g/mol. The van der Waals surface area contributed by atoms with Crippen LogP contribution in [0.5, 0.6) is 17.2 Å². The molecular weight excluding hydrogens is 432 g/mol. The number of piperidine rings is 1. The second-order valence-corrected chi connectivity index (χ2v) is 7.93. The van der Waals surface area contributed by atoms with Crippen LogP contribution < -0.4 is 14.8 Å². The molecule has 0 radical (unpaired) electrons. The molecule has 0 aliphatic carbocycles. The van der Waals surface area contributed by atoms with Crippen molar-refractivity contribution in [1.29, 1.82) is 0 Å². The zero-order chi connectivity index (χ0) is 22.9. The minimum Gasteiger partial charge on any atom is -0.494 e. The summed E-state index contributed by atoms with van der Waals surface area (Å²) in [6, 6.07) is 12.4. The van der Waals surface area contributed by atoms with Crippen LogP contribution in [0.2, 0.25) is 5.02 Å². The van der Waals surface area contributed by atoms with Crippen LogP contribution in [0, 0.1) is 5.92 Å². The van der Waals surface area contributed by atoms with Crippen molar-refractivity contribution in [1.82, 2.24) is 4.90 Å². The van der Waals surface area contributed by atoms with E-state index in [1.807, 2.05) is 24.0 Å². The highest BCUT2D eigenvalue weighted by Gasteiger charge is 2.27. The highest BCUT2D eigenvalue weighted by atomic mass is 35.5. The van der Waals surface area contributed by atoms with Gasteiger partial charge in [0.2, 0.25) is 5.91 Å². The summed E-state index contributed by atoms with van der Waals surface area (Å²) in [4.78, 5) is 26.6. The van der Waals surface area contributed by atoms with Gasteiger partial charge in [-0.05, 0) is 82.2 Å². The van der Waals surface area contributed by atoms with Gasteiger partial charge in [0.1, 0.15) is 11.5 Å². The van der Waals surface area contributed by atoms with E-state index < -0.39 is 0 Å². The van der Waals surface area contributed by atoms with Gasteiger partial charge in [0, 0.05) is 5.02 Å². The van der Waals surface area contributed by atoms with E-state index in [2.05, 4.69) is 5.32 Å². The summed E-state index contributed by atoms with van der Waals surface area (Å²) in [5.74, 6) is 1.47. The second kappa shape index (κ2) is 11.7. The van der Waals surface area contributed by atoms with Gasteiger partial charge in [0.25, 0.3) is 0 Å². The van der Waals surface area contributed by atoms with Crippen molar-refractivity contribution in [2.45, 2.75) is 26.7 Å². The molecule has 0 spiro atoms. The smallest absolute Gasteiger partial charge is 0.309 e. The molecule has 1 aliphatic rings. The Kier molecular flexibility index (Phi) is 8.76. The van der Waals surface area contributed by atoms with Gasteiger partial charge >= 0.3 is 5.97 Å². The number of esters is 1. The van der Waals surface area contributed by atoms with E-state index in [4.69, 9.17) is 25.8 Å². The Morgan fingerprint density at radius 2 is 1.72 bits per heavy atom. The van der Waals surface area contributed by atoms with E-state index in [-0.39, 0.29) is 24.3 Å². The van der Waals surface area contributed by atoms with E-state index >= 15 is 0 Å². The van der Waals surface area contributed by atoms with Crippen LogP contribution in [0.15, 0.2) is 42.5 Å². The average Bonchev–Trinajstić information content (AvgIpc) is 2.78.